The molecule has 2 aliphatic heterocycles. The van der Waals surface area contributed by atoms with Gasteiger partial charge in [0.05, 0.1) is 6.10 Å². The highest BCUT2D eigenvalue weighted by Gasteiger charge is 2.19. The molecular formula is C19H28N4O2. The zero-order chi connectivity index (χ0) is 17.5. The van der Waals surface area contributed by atoms with Crippen LogP contribution < -0.4 is 10.6 Å². The van der Waals surface area contributed by atoms with Gasteiger partial charge in [0.15, 0.2) is 5.96 Å². The molecule has 0 bridgehead atoms. The maximum atomic E-state index is 11.7. The number of likely N-dealkylation sites (tertiary alicyclic amines) is 1. The lowest BCUT2D eigenvalue weighted by atomic mass is 10.1. The smallest absolute Gasteiger partial charge is 0.222 e. The molecule has 1 aromatic rings. The van der Waals surface area contributed by atoms with E-state index in [1.165, 1.54) is 11.1 Å². The van der Waals surface area contributed by atoms with E-state index in [4.69, 9.17) is 4.74 Å². The fraction of sp³-hybridized carbons (Fsp3) is 0.579. The summed E-state index contributed by atoms with van der Waals surface area (Å²) in [5.74, 6) is 1.06. The standard InChI is InChI=1S/C19H28N4O2/c1-20-19(22-13-17-4-3-11-25-17)21-12-15-6-8-16(9-7-15)14-23-10-2-5-18(23)24/h6-9,17H,2-5,10-14H2,1H3,(H2,20,21,22). The SMILES string of the molecule is CN=C(NCc1ccc(CN2CCCC2=O)cc1)NCC1CCCO1. The molecule has 2 aliphatic rings. The van der Waals surface area contributed by atoms with Gasteiger partial charge in [-0.15, -0.1) is 0 Å². The number of aliphatic imine (C=N–C) groups is 1. The molecule has 25 heavy (non-hydrogen) atoms. The number of hydrogen-bond acceptors (Lipinski definition) is 3. The summed E-state index contributed by atoms with van der Waals surface area (Å²) in [4.78, 5) is 17.9. The first-order chi connectivity index (χ1) is 12.2. The van der Waals surface area contributed by atoms with Crippen molar-refractivity contribution in [2.24, 2.45) is 4.99 Å². The highest BCUT2D eigenvalue weighted by molar-refractivity contribution is 5.79. The van der Waals surface area contributed by atoms with E-state index in [-0.39, 0.29) is 5.91 Å². The molecule has 0 spiro atoms. The number of carbonyl (C=O) groups excluding carboxylic acids is 1. The first-order valence-electron chi connectivity index (χ1n) is 9.16. The van der Waals surface area contributed by atoms with Crippen LogP contribution in [0.2, 0.25) is 0 Å². The van der Waals surface area contributed by atoms with Gasteiger partial charge in [-0.05, 0) is 30.4 Å². The van der Waals surface area contributed by atoms with Crippen molar-refractivity contribution in [3.05, 3.63) is 35.4 Å². The molecule has 0 saturated carbocycles. The first-order valence-corrected chi connectivity index (χ1v) is 9.16. The molecule has 3 rings (SSSR count). The molecule has 0 radical (unpaired) electrons. The van der Waals surface area contributed by atoms with Crippen molar-refractivity contribution in [3.8, 4) is 0 Å². The summed E-state index contributed by atoms with van der Waals surface area (Å²) in [5.41, 5.74) is 2.37. The van der Waals surface area contributed by atoms with Crippen LogP contribution in [0.15, 0.2) is 29.3 Å². The minimum atomic E-state index is 0.270. The fourth-order valence-electron chi connectivity index (χ4n) is 3.28. The second-order valence-corrected chi connectivity index (χ2v) is 6.68. The topological polar surface area (TPSA) is 66.0 Å². The third-order valence-corrected chi connectivity index (χ3v) is 4.77. The monoisotopic (exact) mass is 344 g/mol. The van der Waals surface area contributed by atoms with Crippen LogP contribution in [0, 0.1) is 0 Å². The molecular weight excluding hydrogens is 316 g/mol. The normalized spacial score (nSPS) is 21.0. The Morgan fingerprint density at radius 3 is 2.68 bits per heavy atom. The number of hydrogen-bond donors (Lipinski definition) is 2. The van der Waals surface area contributed by atoms with E-state index in [1.807, 2.05) is 4.90 Å². The second-order valence-electron chi connectivity index (χ2n) is 6.68. The van der Waals surface area contributed by atoms with Crippen LogP contribution in [0.1, 0.15) is 36.8 Å². The quantitative estimate of drug-likeness (QED) is 0.608. The van der Waals surface area contributed by atoms with Crippen molar-refractivity contribution < 1.29 is 9.53 Å². The Kier molecular flexibility index (Phi) is 6.28. The second kappa shape index (κ2) is 8.85. The number of carbonyl (C=O) groups is 1. The lowest BCUT2D eigenvalue weighted by molar-refractivity contribution is -0.128. The number of nitrogens with one attached hydrogen (secondary N) is 2. The summed E-state index contributed by atoms with van der Waals surface area (Å²) in [6.45, 7) is 3.98. The summed E-state index contributed by atoms with van der Waals surface area (Å²) in [5, 5.41) is 6.64. The molecule has 6 nitrogen and oxygen atoms in total. The molecule has 1 atom stereocenters. The first kappa shape index (κ1) is 17.7. The van der Waals surface area contributed by atoms with Gasteiger partial charge < -0.3 is 20.3 Å². The van der Waals surface area contributed by atoms with Crippen LogP contribution in [0.5, 0.6) is 0 Å². The van der Waals surface area contributed by atoms with E-state index in [0.29, 0.717) is 19.1 Å². The molecule has 2 saturated heterocycles. The van der Waals surface area contributed by atoms with Crippen molar-refractivity contribution >= 4 is 11.9 Å². The number of guanidine groups is 1. The Hall–Kier alpha value is -2.08. The largest absolute Gasteiger partial charge is 0.376 e. The van der Waals surface area contributed by atoms with Crippen LogP contribution in [0.4, 0.5) is 0 Å². The van der Waals surface area contributed by atoms with E-state index in [9.17, 15) is 4.79 Å². The maximum absolute atomic E-state index is 11.7. The van der Waals surface area contributed by atoms with Gasteiger partial charge in [0, 0.05) is 46.3 Å². The van der Waals surface area contributed by atoms with E-state index in [2.05, 4.69) is 39.9 Å². The summed E-state index contributed by atoms with van der Waals surface area (Å²) >= 11 is 0. The summed E-state index contributed by atoms with van der Waals surface area (Å²) < 4.78 is 5.61. The fourth-order valence-corrected chi connectivity index (χ4v) is 3.28. The Balaban J connectivity index is 1.43. The molecule has 6 heteroatoms. The van der Waals surface area contributed by atoms with Crippen LogP contribution in [-0.4, -0.2) is 49.6 Å². The number of nitrogens with zero attached hydrogens (tertiary/aromatic N) is 2. The summed E-state index contributed by atoms with van der Waals surface area (Å²) in [6.07, 6.45) is 4.24. The third-order valence-electron chi connectivity index (χ3n) is 4.77. The maximum Gasteiger partial charge on any atom is 0.222 e. The molecule has 0 aliphatic carbocycles. The predicted molar refractivity (Wildman–Crippen MR) is 98.3 cm³/mol. The molecule has 1 unspecified atom stereocenters. The van der Waals surface area contributed by atoms with Crippen molar-refractivity contribution in [2.45, 2.75) is 44.9 Å². The van der Waals surface area contributed by atoms with Crippen molar-refractivity contribution in [3.63, 3.8) is 0 Å². The number of ether oxygens (including phenoxy) is 1. The zero-order valence-electron chi connectivity index (χ0n) is 15.0. The van der Waals surface area contributed by atoms with Gasteiger partial charge >= 0.3 is 0 Å². The Morgan fingerprint density at radius 2 is 2.04 bits per heavy atom. The average molecular weight is 344 g/mol. The average Bonchev–Trinajstić information content (AvgIpc) is 3.29. The number of benzene rings is 1. The third kappa shape index (κ3) is 5.19. The van der Waals surface area contributed by atoms with Gasteiger partial charge in [-0.3, -0.25) is 9.79 Å². The molecule has 1 aromatic carbocycles. The minimum absolute atomic E-state index is 0.270. The van der Waals surface area contributed by atoms with Crippen LogP contribution >= 0.6 is 0 Å². The van der Waals surface area contributed by atoms with E-state index >= 15 is 0 Å². The Morgan fingerprint density at radius 1 is 1.24 bits per heavy atom. The van der Waals surface area contributed by atoms with Crippen LogP contribution in [0.25, 0.3) is 0 Å². The summed E-state index contributed by atoms with van der Waals surface area (Å²) in [7, 11) is 1.78. The molecule has 136 valence electrons. The Bertz CT molecular complexity index is 594. The van der Waals surface area contributed by atoms with Gasteiger partial charge in [0.2, 0.25) is 5.91 Å². The van der Waals surface area contributed by atoms with E-state index in [0.717, 1.165) is 51.5 Å². The van der Waals surface area contributed by atoms with Gasteiger partial charge in [-0.25, -0.2) is 0 Å². The number of rotatable bonds is 6. The van der Waals surface area contributed by atoms with Gasteiger partial charge in [0.25, 0.3) is 0 Å². The zero-order valence-corrected chi connectivity index (χ0v) is 15.0. The Labute approximate surface area is 149 Å². The molecule has 2 fully saturated rings. The highest BCUT2D eigenvalue weighted by Crippen LogP contribution is 2.15. The van der Waals surface area contributed by atoms with Gasteiger partial charge in [0.1, 0.15) is 0 Å². The highest BCUT2D eigenvalue weighted by atomic mass is 16.5. The van der Waals surface area contributed by atoms with Crippen LogP contribution in [-0.2, 0) is 22.6 Å². The molecule has 2 heterocycles. The predicted octanol–water partition coefficient (Wildman–Crippen LogP) is 1.65. The van der Waals surface area contributed by atoms with Gasteiger partial charge in [-0.1, -0.05) is 24.3 Å². The molecule has 1 amide bonds. The minimum Gasteiger partial charge on any atom is -0.376 e. The van der Waals surface area contributed by atoms with Crippen molar-refractivity contribution in [1.82, 2.24) is 15.5 Å². The van der Waals surface area contributed by atoms with Gasteiger partial charge in [-0.2, -0.15) is 0 Å². The summed E-state index contributed by atoms with van der Waals surface area (Å²) in [6, 6.07) is 8.42. The van der Waals surface area contributed by atoms with Crippen molar-refractivity contribution in [2.75, 3.05) is 26.7 Å². The van der Waals surface area contributed by atoms with Crippen molar-refractivity contribution in [1.29, 1.82) is 0 Å². The lowest BCUT2D eigenvalue weighted by Gasteiger charge is -2.16. The van der Waals surface area contributed by atoms with E-state index < -0.39 is 0 Å². The van der Waals surface area contributed by atoms with Crippen LogP contribution in [0.3, 0.4) is 0 Å². The number of amides is 1. The lowest BCUT2D eigenvalue weighted by Crippen LogP contribution is -2.40. The van der Waals surface area contributed by atoms with E-state index in [1.54, 1.807) is 7.05 Å². The molecule has 0 aromatic heterocycles. The molecule has 2 N–H and O–H groups in total.